The van der Waals surface area contributed by atoms with Crippen LogP contribution in [-0.4, -0.2) is 141 Å². The highest BCUT2D eigenvalue weighted by Gasteiger charge is 2.22. The van der Waals surface area contributed by atoms with E-state index in [1.807, 2.05) is 127 Å². The van der Waals surface area contributed by atoms with Gasteiger partial charge in [-0.15, -0.1) is 45.3 Å². The van der Waals surface area contributed by atoms with Crippen LogP contribution in [0.1, 0.15) is 128 Å². The SMILES string of the molecule is CN1CCC(CCc2csc(C(=O)NCc3ccc4c(N)nccc4c3)n2)CC1.CN1CCC(CNc2csc(C(=O)NCc3ccc4c(N)nccc4c3)c2)CC1.CN1CCC(Nc2csc(C(=O)NCc3ccc4c(N)nccc4c3)c2)CC1.Cc1nc2[nH]ccc2c(C)c1CNC(=O)c1cc(Cl)c(C)s1. The summed E-state index contributed by atoms with van der Waals surface area (Å²) in [4.78, 5) is 84.4. The smallest absolute Gasteiger partial charge is 0.280 e. The largest absolute Gasteiger partial charge is 0.384 e. The maximum atomic E-state index is 12.5. The number of thiophene rings is 3. The van der Waals surface area contributed by atoms with Gasteiger partial charge in [0.2, 0.25) is 0 Å². The average Bonchev–Trinajstić information content (AvgIpc) is 1.73. The summed E-state index contributed by atoms with van der Waals surface area (Å²) in [5, 5.41) is 33.2. The molecule has 13 N–H and O–H groups in total. The van der Waals surface area contributed by atoms with E-state index in [0.29, 0.717) is 70.5 Å². The van der Waals surface area contributed by atoms with Gasteiger partial charge in [0.15, 0.2) is 5.01 Å². The van der Waals surface area contributed by atoms with Crippen molar-refractivity contribution in [3.05, 3.63) is 207 Å². The zero-order chi connectivity index (χ0) is 75.8. The van der Waals surface area contributed by atoms with Gasteiger partial charge in [-0.05, 0) is 249 Å². The molecular weight excluding hydrogens is 1450 g/mol. The van der Waals surface area contributed by atoms with Gasteiger partial charge in [0.1, 0.15) is 23.1 Å². The van der Waals surface area contributed by atoms with E-state index in [1.54, 1.807) is 24.7 Å². The molecule has 3 aliphatic rings. The highest BCUT2D eigenvalue weighted by atomic mass is 35.5. The molecule has 27 heteroatoms. The van der Waals surface area contributed by atoms with E-state index >= 15 is 0 Å². The number of aromatic nitrogens is 6. The predicted octanol–water partition coefficient (Wildman–Crippen LogP) is 14.5. The van der Waals surface area contributed by atoms with E-state index in [-0.39, 0.29) is 23.6 Å². The normalized spacial score (nSPS) is 14.7. The van der Waals surface area contributed by atoms with Crippen LogP contribution in [0, 0.1) is 32.6 Å². The maximum absolute atomic E-state index is 12.5. The lowest BCUT2D eigenvalue weighted by molar-refractivity contribution is 0.0943. The number of nitrogens with zero attached hydrogens (tertiary/aromatic N) is 8. The molecule has 564 valence electrons. The fourth-order valence-corrected chi connectivity index (χ4v) is 17.0. The Balaban J connectivity index is 0.000000135. The van der Waals surface area contributed by atoms with Crippen molar-refractivity contribution in [3.63, 3.8) is 0 Å². The number of aromatic amines is 1. The molecule has 22 nitrogen and oxygen atoms in total. The van der Waals surface area contributed by atoms with E-state index in [0.717, 1.165) is 160 Å². The fraction of sp³-hybridized carbons (Fsp3) is 0.346. The Morgan fingerprint density at radius 3 is 1.54 bits per heavy atom. The number of anilines is 5. The minimum Gasteiger partial charge on any atom is -0.384 e. The van der Waals surface area contributed by atoms with Crippen molar-refractivity contribution >= 4 is 153 Å². The van der Waals surface area contributed by atoms with E-state index in [1.165, 1.54) is 97.2 Å². The molecular formula is C81H95ClN18O4S4. The molecule has 12 aromatic rings. The Morgan fingerprint density at radius 2 is 1.01 bits per heavy atom. The first-order valence-electron chi connectivity index (χ1n) is 36.6. The van der Waals surface area contributed by atoms with Gasteiger partial charge in [-0.3, -0.25) is 19.2 Å². The van der Waals surface area contributed by atoms with Gasteiger partial charge in [0, 0.05) is 123 Å². The third-order valence-electron chi connectivity index (χ3n) is 20.3. The Hall–Kier alpha value is -9.64. The number of rotatable bonds is 20. The molecule has 0 spiro atoms. The van der Waals surface area contributed by atoms with Crippen molar-refractivity contribution in [3.8, 4) is 0 Å². The summed E-state index contributed by atoms with van der Waals surface area (Å²) in [6.45, 7) is 15.7. The number of likely N-dealkylation sites (tertiary alicyclic amines) is 3. The number of H-pyrrole nitrogens is 1. The van der Waals surface area contributed by atoms with Crippen LogP contribution >= 0.6 is 56.9 Å². The number of halogens is 1. The second-order valence-corrected chi connectivity index (χ2v) is 32.6. The third kappa shape index (κ3) is 21.0. The highest BCUT2D eigenvalue weighted by Crippen LogP contribution is 2.31. The molecule has 0 unspecified atom stereocenters. The maximum Gasteiger partial charge on any atom is 0.280 e. The lowest BCUT2D eigenvalue weighted by Gasteiger charge is -2.29. The number of thiazole rings is 1. The summed E-state index contributed by atoms with van der Waals surface area (Å²) < 4.78 is 0. The van der Waals surface area contributed by atoms with Crippen LogP contribution < -0.4 is 49.1 Å². The van der Waals surface area contributed by atoms with Gasteiger partial charge in [-0.2, -0.15) is 0 Å². The highest BCUT2D eigenvalue weighted by molar-refractivity contribution is 7.14. The van der Waals surface area contributed by atoms with Crippen LogP contribution in [0.4, 0.5) is 28.8 Å². The molecule has 15 rings (SSSR count). The second kappa shape index (κ2) is 37.0. The number of nitrogen functional groups attached to an aromatic ring is 3. The van der Waals surface area contributed by atoms with Gasteiger partial charge in [0.25, 0.3) is 23.6 Å². The number of aryl methyl sites for hydroxylation is 4. The van der Waals surface area contributed by atoms with Crippen molar-refractivity contribution in [2.75, 3.05) is 94.8 Å². The number of amides is 4. The quantitative estimate of drug-likeness (QED) is 0.0339. The summed E-state index contributed by atoms with van der Waals surface area (Å²) in [5.74, 6) is 2.75. The molecule has 3 fully saturated rings. The predicted molar refractivity (Wildman–Crippen MR) is 445 cm³/mol. The minimum absolute atomic E-state index is 0.0447. The van der Waals surface area contributed by atoms with Gasteiger partial charge in [0.05, 0.1) is 25.3 Å². The third-order valence-corrected chi connectivity index (χ3v) is 24.6. The number of nitrogens with two attached hydrogens (primary N) is 3. The number of benzene rings is 3. The van der Waals surface area contributed by atoms with Crippen molar-refractivity contribution in [2.45, 2.75) is 104 Å². The van der Waals surface area contributed by atoms with Crippen LogP contribution in [0.2, 0.25) is 5.02 Å². The van der Waals surface area contributed by atoms with Gasteiger partial charge < -0.3 is 68.8 Å². The molecule has 0 saturated carbocycles. The lowest BCUT2D eigenvalue weighted by Crippen LogP contribution is -2.36. The number of nitrogens with one attached hydrogen (secondary N) is 7. The molecule has 0 atom stereocenters. The van der Waals surface area contributed by atoms with Crippen LogP contribution in [0.25, 0.3) is 43.4 Å². The summed E-state index contributed by atoms with van der Waals surface area (Å²) in [6.07, 6.45) is 16.4. The Morgan fingerprint density at radius 1 is 0.528 bits per heavy atom. The van der Waals surface area contributed by atoms with Crippen LogP contribution in [0.15, 0.2) is 138 Å². The molecule has 0 aliphatic carbocycles. The van der Waals surface area contributed by atoms with Gasteiger partial charge in [-0.1, -0.05) is 48.0 Å². The van der Waals surface area contributed by atoms with E-state index in [2.05, 4.69) is 105 Å². The van der Waals surface area contributed by atoms with Crippen molar-refractivity contribution in [1.82, 2.24) is 65.9 Å². The molecule has 108 heavy (non-hydrogen) atoms. The van der Waals surface area contributed by atoms with Gasteiger partial charge in [-0.25, -0.2) is 24.9 Å². The zero-order valence-electron chi connectivity index (χ0n) is 61.9. The lowest BCUT2D eigenvalue weighted by atomic mass is 9.92. The Bertz CT molecular complexity index is 4910. The van der Waals surface area contributed by atoms with E-state index < -0.39 is 0 Å². The van der Waals surface area contributed by atoms with E-state index in [4.69, 9.17) is 28.8 Å². The summed E-state index contributed by atoms with van der Waals surface area (Å²) in [6, 6.07) is 31.8. The van der Waals surface area contributed by atoms with E-state index in [9.17, 15) is 19.2 Å². The van der Waals surface area contributed by atoms with Crippen molar-refractivity contribution < 1.29 is 19.2 Å². The number of hydrogen-bond donors (Lipinski definition) is 10. The molecule has 0 bridgehead atoms. The second-order valence-electron chi connectivity index (χ2n) is 28.2. The number of hydrogen-bond acceptors (Lipinski definition) is 21. The summed E-state index contributed by atoms with van der Waals surface area (Å²) in [7, 11) is 6.52. The summed E-state index contributed by atoms with van der Waals surface area (Å²) >= 11 is 11.8. The van der Waals surface area contributed by atoms with Crippen LogP contribution in [0.3, 0.4) is 0 Å². The average molecular weight is 1550 g/mol. The molecule has 9 aromatic heterocycles. The first-order chi connectivity index (χ1) is 52.2. The number of carbonyl (C=O) groups excluding carboxylic acids is 4. The molecule has 0 radical (unpaired) electrons. The number of piperidine rings is 3. The Labute approximate surface area is 651 Å². The molecule has 3 aliphatic heterocycles. The van der Waals surface area contributed by atoms with Crippen molar-refractivity contribution in [1.29, 1.82) is 0 Å². The number of pyridine rings is 4. The van der Waals surface area contributed by atoms with Crippen LogP contribution in [0.5, 0.6) is 0 Å². The Kier molecular flexibility index (Phi) is 26.7. The molecule has 12 heterocycles. The fourth-order valence-electron chi connectivity index (χ4n) is 13.6. The number of carbonyl (C=O) groups is 4. The van der Waals surface area contributed by atoms with Crippen molar-refractivity contribution in [2.24, 2.45) is 11.8 Å². The first kappa shape index (κ1) is 78.0. The molecule has 4 amide bonds. The zero-order valence-corrected chi connectivity index (χ0v) is 65.9. The van der Waals surface area contributed by atoms with Gasteiger partial charge >= 0.3 is 0 Å². The molecule has 3 aromatic carbocycles. The molecule has 3 saturated heterocycles. The number of fused-ring (bicyclic) bond motifs is 4. The van der Waals surface area contributed by atoms with Crippen LogP contribution in [-0.2, 0) is 32.6 Å². The topological polar surface area (TPSA) is 308 Å². The monoisotopic (exact) mass is 1550 g/mol. The standard InChI is InChI=1S/2C22H27N5OS.C21H25N5OS.C16H16ClN3OS/c1-27-10-7-15(8-11-27)2-4-18-14-29-22(26-18)21(28)25-13-16-3-5-19-17(12-16)6-9-24-20(19)23;1-27-8-5-15(6-9-27)12-25-18-11-20(29-14-18)22(28)26-13-16-2-3-19-17(10-16)4-7-24-21(19)23;1-26-8-5-16(6-9-26)25-17-11-19(28-13-17)21(27)24-12-14-2-3-18-15(10-14)4-7-23-20(18)22;1-8-11-4-5-18-15(11)20-9(2)12(8)7-19-16(21)14-6-13(17)10(3)22-14/h3,5-6,9,12,14-15H,2,4,7-8,10-11,13H2,1H3,(H2,23,24)(H,25,28);2-4,7,10-11,14-15,25H,5-6,8-9,12-13H2,1H3,(H2,23,24)(H,26,28);2-4,7,10-11,13,16,25H,5-6,8-9,12H2,1H3,(H2,22,23)(H,24,27);4-6H,7H2,1-3H3,(H,18,20)(H,19,21). The minimum atomic E-state index is -0.116. The first-order valence-corrected chi connectivity index (χ1v) is 40.4. The summed E-state index contributed by atoms with van der Waals surface area (Å²) in [5.41, 5.74) is 27.9.